The Morgan fingerprint density at radius 2 is 1.66 bits per heavy atom. The molecule has 0 radical (unpaired) electrons. The van der Waals surface area contributed by atoms with E-state index in [0.717, 1.165) is 36.8 Å². The molecule has 0 atom stereocenters. The third-order valence-corrected chi connectivity index (χ3v) is 6.28. The Hall–Kier alpha value is -2.15. The van der Waals surface area contributed by atoms with Crippen LogP contribution in [0.2, 0.25) is 0 Å². The molecular formula is C27H31IO4. The molecular weight excluding hydrogens is 515 g/mol. The minimum atomic E-state index is -0.501. The predicted octanol–water partition coefficient (Wildman–Crippen LogP) is 6.84. The highest BCUT2D eigenvalue weighted by atomic mass is 127. The van der Waals surface area contributed by atoms with Crippen molar-refractivity contribution >= 4 is 40.6 Å². The molecule has 0 amide bonds. The van der Waals surface area contributed by atoms with Gasteiger partial charge in [-0.25, -0.2) is 9.59 Å². The van der Waals surface area contributed by atoms with Crippen LogP contribution in [-0.2, 0) is 14.3 Å². The largest absolute Gasteiger partial charge is 0.459 e. The van der Waals surface area contributed by atoms with Crippen LogP contribution >= 0.6 is 22.6 Å². The summed E-state index contributed by atoms with van der Waals surface area (Å²) in [5, 5.41) is 0. The quantitative estimate of drug-likeness (QED) is 0.234. The zero-order valence-electron chi connectivity index (χ0n) is 19.2. The molecule has 0 aliphatic heterocycles. The molecule has 1 aliphatic rings. The van der Waals surface area contributed by atoms with Crippen LogP contribution in [0.15, 0.2) is 48.5 Å². The Labute approximate surface area is 204 Å². The van der Waals surface area contributed by atoms with E-state index >= 15 is 0 Å². The van der Waals surface area contributed by atoms with Gasteiger partial charge in [-0.05, 0) is 129 Å². The van der Waals surface area contributed by atoms with Crippen molar-refractivity contribution in [1.29, 1.82) is 0 Å². The van der Waals surface area contributed by atoms with E-state index in [2.05, 4.69) is 28.7 Å². The van der Waals surface area contributed by atoms with Gasteiger partial charge in [0.1, 0.15) is 11.7 Å². The molecule has 2 aromatic carbocycles. The Bertz CT molecular complexity index is 978. The molecule has 0 heterocycles. The maximum atomic E-state index is 12.3. The van der Waals surface area contributed by atoms with Gasteiger partial charge in [-0.2, -0.15) is 0 Å². The van der Waals surface area contributed by atoms with Crippen LogP contribution in [0.4, 0.5) is 0 Å². The number of aryl methyl sites for hydroxylation is 1. The van der Waals surface area contributed by atoms with Crippen molar-refractivity contribution in [1.82, 2.24) is 0 Å². The summed E-state index contributed by atoms with van der Waals surface area (Å²) in [7, 11) is 0. The highest BCUT2D eigenvalue weighted by molar-refractivity contribution is 14.1. The van der Waals surface area contributed by atoms with E-state index in [0.29, 0.717) is 11.5 Å². The molecule has 1 fully saturated rings. The molecule has 0 N–H and O–H groups in total. The second kappa shape index (κ2) is 10.6. The second-order valence-electron chi connectivity index (χ2n) is 9.37. The van der Waals surface area contributed by atoms with Gasteiger partial charge in [0.25, 0.3) is 0 Å². The standard InChI is InChI=1S/C27H31IO4/c1-18-17-23(28)13-9-19(18)12-16-25(29)31-24-14-10-21(11-15-24)20-5-7-22(8-6-20)26(30)32-27(2,3)4/h5-9,12-13,16-17,21,24H,10-11,14-15H2,1-4H3/b16-12+. The van der Waals surface area contributed by atoms with Crippen LogP contribution < -0.4 is 0 Å². The molecule has 0 spiro atoms. The lowest BCUT2D eigenvalue weighted by atomic mass is 9.82. The Balaban J connectivity index is 1.49. The SMILES string of the molecule is Cc1cc(I)ccc1/C=C/C(=O)OC1CCC(c2ccc(C(=O)OC(C)(C)C)cc2)CC1. The van der Waals surface area contributed by atoms with Crippen molar-refractivity contribution < 1.29 is 19.1 Å². The van der Waals surface area contributed by atoms with E-state index in [9.17, 15) is 9.59 Å². The predicted molar refractivity (Wildman–Crippen MR) is 136 cm³/mol. The summed E-state index contributed by atoms with van der Waals surface area (Å²) < 4.78 is 12.3. The summed E-state index contributed by atoms with van der Waals surface area (Å²) in [6.07, 6.45) is 6.93. The van der Waals surface area contributed by atoms with Crippen molar-refractivity contribution in [3.63, 3.8) is 0 Å². The summed E-state index contributed by atoms with van der Waals surface area (Å²) in [6.45, 7) is 7.63. The number of rotatable bonds is 5. The first kappa shape index (κ1) is 24.5. The summed E-state index contributed by atoms with van der Waals surface area (Å²) in [6, 6.07) is 13.8. The van der Waals surface area contributed by atoms with Crippen LogP contribution in [0.25, 0.3) is 6.08 Å². The van der Waals surface area contributed by atoms with Crippen LogP contribution in [0.5, 0.6) is 0 Å². The topological polar surface area (TPSA) is 52.6 Å². The number of benzene rings is 2. The zero-order valence-corrected chi connectivity index (χ0v) is 21.3. The van der Waals surface area contributed by atoms with E-state index in [1.54, 1.807) is 0 Å². The Morgan fingerprint density at radius 3 is 2.25 bits per heavy atom. The molecule has 3 rings (SSSR count). The number of ether oxygens (including phenoxy) is 2. The lowest BCUT2D eigenvalue weighted by Gasteiger charge is -2.28. The van der Waals surface area contributed by atoms with Crippen molar-refractivity contribution in [2.45, 2.75) is 71.0 Å². The fourth-order valence-electron chi connectivity index (χ4n) is 3.93. The molecule has 1 aliphatic carbocycles. The molecule has 0 bridgehead atoms. The highest BCUT2D eigenvalue weighted by Gasteiger charge is 2.25. The third-order valence-electron chi connectivity index (χ3n) is 5.60. The molecule has 4 nitrogen and oxygen atoms in total. The van der Waals surface area contributed by atoms with E-state index in [1.165, 1.54) is 15.2 Å². The van der Waals surface area contributed by atoms with E-state index < -0.39 is 5.60 Å². The van der Waals surface area contributed by atoms with Crippen molar-refractivity contribution in [2.24, 2.45) is 0 Å². The highest BCUT2D eigenvalue weighted by Crippen LogP contribution is 2.34. The van der Waals surface area contributed by atoms with Crippen molar-refractivity contribution in [2.75, 3.05) is 0 Å². The van der Waals surface area contributed by atoms with Gasteiger partial charge >= 0.3 is 11.9 Å². The van der Waals surface area contributed by atoms with Gasteiger partial charge in [-0.3, -0.25) is 0 Å². The van der Waals surface area contributed by atoms with Crippen LogP contribution in [0, 0.1) is 10.5 Å². The lowest BCUT2D eigenvalue weighted by Crippen LogP contribution is -2.24. The minimum Gasteiger partial charge on any atom is -0.459 e. The molecule has 1 saturated carbocycles. The number of esters is 2. The smallest absolute Gasteiger partial charge is 0.338 e. The second-order valence-corrected chi connectivity index (χ2v) is 10.6. The van der Waals surface area contributed by atoms with Gasteiger partial charge in [-0.1, -0.05) is 18.2 Å². The van der Waals surface area contributed by atoms with Crippen molar-refractivity contribution in [3.05, 3.63) is 74.4 Å². The number of halogens is 1. The summed E-state index contributed by atoms with van der Waals surface area (Å²) in [4.78, 5) is 24.5. The van der Waals surface area contributed by atoms with E-state index in [-0.39, 0.29) is 18.0 Å². The zero-order chi connectivity index (χ0) is 23.3. The maximum absolute atomic E-state index is 12.3. The monoisotopic (exact) mass is 546 g/mol. The van der Waals surface area contributed by atoms with E-state index in [1.807, 2.05) is 70.2 Å². The fraction of sp³-hybridized carbons (Fsp3) is 0.407. The molecule has 5 heteroatoms. The summed E-state index contributed by atoms with van der Waals surface area (Å²) >= 11 is 2.28. The van der Waals surface area contributed by atoms with E-state index in [4.69, 9.17) is 9.47 Å². The number of carbonyl (C=O) groups is 2. The van der Waals surface area contributed by atoms with Gasteiger partial charge in [0.05, 0.1) is 5.56 Å². The molecule has 0 saturated heterocycles. The molecule has 32 heavy (non-hydrogen) atoms. The van der Waals surface area contributed by atoms with Crippen molar-refractivity contribution in [3.8, 4) is 0 Å². The minimum absolute atomic E-state index is 0.0396. The Kier molecular flexibility index (Phi) is 8.15. The molecule has 2 aromatic rings. The van der Waals surface area contributed by atoms with Gasteiger partial charge in [0, 0.05) is 9.65 Å². The first-order valence-electron chi connectivity index (χ1n) is 11.1. The normalized spacial score (nSPS) is 19.0. The first-order valence-corrected chi connectivity index (χ1v) is 12.2. The molecule has 0 aromatic heterocycles. The summed E-state index contributed by atoms with van der Waals surface area (Å²) in [5.41, 5.74) is 3.46. The van der Waals surface area contributed by atoms with Gasteiger partial charge < -0.3 is 9.47 Å². The summed E-state index contributed by atoms with van der Waals surface area (Å²) in [5.74, 6) is -0.163. The molecule has 170 valence electrons. The number of hydrogen-bond acceptors (Lipinski definition) is 4. The van der Waals surface area contributed by atoms with Gasteiger partial charge in [-0.15, -0.1) is 0 Å². The average molecular weight is 546 g/mol. The maximum Gasteiger partial charge on any atom is 0.338 e. The van der Waals surface area contributed by atoms with Crippen LogP contribution in [0.1, 0.15) is 79.4 Å². The number of hydrogen-bond donors (Lipinski definition) is 0. The Morgan fingerprint density at radius 1 is 1.00 bits per heavy atom. The molecule has 0 unspecified atom stereocenters. The first-order chi connectivity index (χ1) is 15.1. The fourth-order valence-corrected chi connectivity index (χ4v) is 4.58. The third kappa shape index (κ3) is 7.19. The lowest BCUT2D eigenvalue weighted by molar-refractivity contribution is -0.144. The van der Waals surface area contributed by atoms with Crippen LogP contribution in [-0.4, -0.2) is 23.6 Å². The average Bonchev–Trinajstić information content (AvgIpc) is 2.72. The van der Waals surface area contributed by atoms with Gasteiger partial charge in [0.15, 0.2) is 0 Å². The number of carbonyl (C=O) groups excluding carboxylic acids is 2. The van der Waals surface area contributed by atoms with Gasteiger partial charge in [0.2, 0.25) is 0 Å². The van der Waals surface area contributed by atoms with Crippen LogP contribution in [0.3, 0.4) is 0 Å².